The molecule has 0 atom stereocenters. The predicted octanol–water partition coefficient (Wildman–Crippen LogP) is 2.62. The third-order valence-electron chi connectivity index (χ3n) is 4.34. The lowest BCUT2D eigenvalue weighted by Crippen LogP contribution is -2.38. The highest BCUT2D eigenvalue weighted by Gasteiger charge is 2.22. The van der Waals surface area contributed by atoms with Gasteiger partial charge in [-0.05, 0) is 42.4 Å². The van der Waals surface area contributed by atoms with Crippen molar-refractivity contribution >= 4 is 23.6 Å². The van der Waals surface area contributed by atoms with Crippen molar-refractivity contribution in [3.63, 3.8) is 0 Å². The van der Waals surface area contributed by atoms with Gasteiger partial charge in [0.15, 0.2) is 5.96 Å². The molecule has 1 aliphatic heterocycles. The van der Waals surface area contributed by atoms with Crippen LogP contribution in [0.15, 0.2) is 29.3 Å². The molecule has 2 rings (SSSR count). The molecular weight excluding hydrogens is 332 g/mol. The van der Waals surface area contributed by atoms with Gasteiger partial charge in [-0.1, -0.05) is 24.3 Å². The van der Waals surface area contributed by atoms with Gasteiger partial charge in [-0.2, -0.15) is 11.8 Å². The highest BCUT2D eigenvalue weighted by Crippen LogP contribution is 2.22. The molecule has 0 saturated heterocycles. The number of nitrogens with one attached hydrogen (secondary N) is 2. The molecule has 0 saturated carbocycles. The first-order valence-electron chi connectivity index (χ1n) is 9.02. The van der Waals surface area contributed by atoms with Gasteiger partial charge in [0.2, 0.25) is 5.91 Å². The Labute approximate surface area is 155 Å². The second-order valence-corrected chi connectivity index (χ2v) is 7.23. The highest BCUT2D eigenvalue weighted by molar-refractivity contribution is 7.98. The van der Waals surface area contributed by atoms with Gasteiger partial charge in [0, 0.05) is 39.6 Å². The van der Waals surface area contributed by atoms with E-state index in [4.69, 9.17) is 0 Å². The first-order valence-corrected chi connectivity index (χ1v) is 10.4. The number of rotatable bonds is 9. The molecule has 1 aromatic carbocycles. The van der Waals surface area contributed by atoms with Crippen LogP contribution < -0.4 is 10.6 Å². The number of hydrogen-bond donors (Lipinski definition) is 2. The summed E-state index contributed by atoms with van der Waals surface area (Å²) in [6.07, 6.45) is 5.90. The summed E-state index contributed by atoms with van der Waals surface area (Å²) in [7, 11) is 1.78. The first kappa shape index (κ1) is 19.6. The number of guanidine groups is 1. The van der Waals surface area contributed by atoms with Crippen molar-refractivity contribution in [1.82, 2.24) is 15.5 Å². The number of carbonyl (C=O) groups is 1. The number of nitrogens with zero attached hydrogens (tertiary/aromatic N) is 2. The number of benzene rings is 1. The molecule has 0 unspecified atom stereocenters. The number of carbonyl (C=O) groups excluding carboxylic acids is 1. The van der Waals surface area contributed by atoms with Crippen molar-refractivity contribution in [2.45, 2.75) is 38.8 Å². The van der Waals surface area contributed by atoms with Crippen LogP contribution in [0.5, 0.6) is 0 Å². The molecule has 25 heavy (non-hydrogen) atoms. The predicted molar refractivity (Wildman–Crippen MR) is 107 cm³/mol. The van der Waals surface area contributed by atoms with Gasteiger partial charge in [-0.3, -0.25) is 9.79 Å². The van der Waals surface area contributed by atoms with Gasteiger partial charge in [-0.15, -0.1) is 0 Å². The van der Waals surface area contributed by atoms with E-state index in [-0.39, 0.29) is 5.91 Å². The van der Waals surface area contributed by atoms with Crippen molar-refractivity contribution in [2.24, 2.45) is 4.99 Å². The normalized spacial score (nSPS) is 13.7. The summed E-state index contributed by atoms with van der Waals surface area (Å²) in [5.74, 6) is 2.26. The lowest BCUT2D eigenvalue weighted by Gasteiger charge is -2.16. The van der Waals surface area contributed by atoms with Gasteiger partial charge in [-0.25, -0.2) is 0 Å². The Bertz CT molecular complexity index is 551. The molecule has 0 radical (unpaired) electrons. The molecule has 138 valence electrons. The second-order valence-electron chi connectivity index (χ2n) is 6.25. The minimum atomic E-state index is 0.234. The number of fused-ring (bicyclic) bond motifs is 1. The number of hydrogen-bond acceptors (Lipinski definition) is 3. The van der Waals surface area contributed by atoms with Crippen LogP contribution in [-0.2, 0) is 17.9 Å². The zero-order valence-electron chi connectivity index (χ0n) is 15.4. The number of aliphatic imine (C=N–C) groups is 1. The zero-order valence-corrected chi connectivity index (χ0v) is 16.2. The molecule has 1 heterocycles. The van der Waals surface area contributed by atoms with Crippen molar-refractivity contribution < 1.29 is 4.79 Å². The van der Waals surface area contributed by atoms with E-state index in [0.717, 1.165) is 45.0 Å². The maximum Gasteiger partial charge on any atom is 0.223 e. The molecule has 1 aromatic rings. The number of unbranched alkanes of at least 4 members (excludes halogenated alkanes) is 1. The molecular formula is C19H30N4OS. The largest absolute Gasteiger partial charge is 0.356 e. The van der Waals surface area contributed by atoms with Crippen molar-refractivity contribution in [3.05, 3.63) is 35.4 Å². The summed E-state index contributed by atoms with van der Waals surface area (Å²) in [6, 6.07) is 8.30. The third kappa shape index (κ3) is 6.61. The summed E-state index contributed by atoms with van der Waals surface area (Å²) in [6.45, 7) is 3.20. The Balaban J connectivity index is 1.58. The summed E-state index contributed by atoms with van der Waals surface area (Å²) in [5, 5.41) is 6.60. The maximum atomic E-state index is 12.4. The van der Waals surface area contributed by atoms with E-state index in [2.05, 4.69) is 34.0 Å². The molecule has 0 aromatic heterocycles. The molecule has 2 N–H and O–H groups in total. The van der Waals surface area contributed by atoms with Crippen LogP contribution in [0.1, 0.15) is 36.8 Å². The third-order valence-corrected chi connectivity index (χ3v) is 5.04. The lowest BCUT2D eigenvalue weighted by molar-refractivity contribution is -0.131. The van der Waals surface area contributed by atoms with Crippen LogP contribution >= 0.6 is 11.8 Å². The summed E-state index contributed by atoms with van der Waals surface area (Å²) < 4.78 is 0. The Morgan fingerprint density at radius 3 is 2.36 bits per heavy atom. The van der Waals surface area contributed by atoms with Gasteiger partial charge in [0.25, 0.3) is 0 Å². The van der Waals surface area contributed by atoms with E-state index in [0.29, 0.717) is 6.42 Å². The summed E-state index contributed by atoms with van der Waals surface area (Å²) >= 11 is 1.88. The topological polar surface area (TPSA) is 56.7 Å². The van der Waals surface area contributed by atoms with E-state index in [1.807, 2.05) is 28.8 Å². The number of thioether (sulfide) groups is 1. The van der Waals surface area contributed by atoms with E-state index in [1.54, 1.807) is 7.05 Å². The molecule has 1 aliphatic rings. The fourth-order valence-electron chi connectivity index (χ4n) is 2.91. The first-order chi connectivity index (χ1) is 12.2. The van der Waals surface area contributed by atoms with E-state index < -0.39 is 0 Å². The monoisotopic (exact) mass is 362 g/mol. The van der Waals surface area contributed by atoms with Gasteiger partial charge >= 0.3 is 0 Å². The Hall–Kier alpha value is -1.69. The minimum Gasteiger partial charge on any atom is -0.356 e. The van der Waals surface area contributed by atoms with Crippen LogP contribution in [0.25, 0.3) is 0 Å². The fraction of sp³-hybridized carbons (Fsp3) is 0.579. The van der Waals surface area contributed by atoms with E-state index in [9.17, 15) is 4.79 Å². The SMILES string of the molecule is CN=C(NCCCCSC)NCCCC(=O)N1Cc2ccccc2C1. The fourth-order valence-corrected chi connectivity index (χ4v) is 3.41. The quantitative estimate of drug-likeness (QED) is 0.403. The van der Waals surface area contributed by atoms with Crippen molar-refractivity contribution in [3.8, 4) is 0 Å². The highest BCUT2D eigenvalue weighted by atomic mass is 32.2. The van der Waals surface area contributed by atoms with Gasteiger partial charge in [0.05, 0.1) is 0 Å². The molecule has 0 spiro atoms. The molecule has 6 heteroatoms. The average Bonchev–Trinajstić information content (AvgIpc) is 3.07. The van der Waals surface area contributed by atoms with Crippen LogP contribution in [0.3, 0.4) is 0 Å². The Kier molecular flexibility index (Phi) is 8.66. The van der Waals surface area contributed by atoms with Gasteiger partial charge < -0.3 is 15.5 Å². The molecule has 0 aliphatic carbocycles. The molecule has 5 nitrogen and oxygen atoms in total. The Morgan fingerprint density at radius 1 is 1.12 bits per heavy atom. The van der Waals surface area contributed by atoms with E-state index in [1.165, 1.54) is 23.3 Å². The number of amides is 1. The van der Waals surface area contributed by atoms with Crippen LogP contribution in [0, 0.1) is 0 Å². The zero-order chi connectivity index (χ0) is 17.9. The van der Waals surface area contributed by atoms with E-state index >= 15 is 0 Å². The molecule has 1 amide bonds. The van der Waals surface area contributed by atoms with Gasteiger partial charge in [0.1, 0.15) is 0 Å². The maximum absolute atomic E-state index is 12.4. The van der Waals surface area contributed by atoms with Crippen molar-refractivity contribution in [2.75, 3.05) is 32.1 Å². The Morgan fingerprint density at radius 2 is 1.76 bits per heavy atom. The second kappa shape index (κ2) is 11.0. The minimum absolute atomic E-state index is 0.234. The summed E-state index contributed by atoms with van der Waals surface area (Å²) in [5.41, 5.74) is 2.56. The summed E-state index contributed by atoms with van der Waals surface area (Å²) in [4.78, 5) is 18.5. The molecule has 0 bridgehead atoms. The standard InChI is InChI=1S/C19H30N4OS/c1-20-19(21-11-5-6-13-25-2)22-12-7-10-18(24)23-14-16-8-3-4-9-17(16)15-23/h3-4,8-9H,5-7,10-15H2,1-2H3,(H2,20,21,22). The van der Waals surface area contributed by atoms with Crippen LogP contribution in [-0.4, -0.2) is 48.9 Å². The van der Waals surface area contributed by atoms with Crippen molar-refractivity contribution in [1.29, 1.82) is 0 Å². The smallest absolute Gasteiger partial charge is 0.223 e. The average molecular weight is 363 g/mol. The van der Waals surface area contributed by atoms with Crippen LogP contribution in [0.2, 0.25) is 0 Å². The van der Waals surface area contributed by atoms with Crippen LogP contribution in [0.4, 0.5) is 0 Å². The molecule has 0 fully saturated rings. The lowest BCUT2D eigenvalue weighted by atomic mass is 10.1.